The number of aliphatic carboxylic acids is 1. The van der Waals surface area contributed by atoms with Crippen molar-refractivity contribution in [2.75, 3.05) is 0 Å². The van der Waals surface area contributed by atoms with E-state index in [4.69, 9.17) is 23.9 Å². The molecule has 9 nitrogen and oxygen atoms in total. The summed E-state index contributed by atoms with van der Waals surface area (Å²) in [5.74, 6) is -2.58. The molecule has 1 rings (SSSR count). The molecule has 1 aromatic carbocycles. The van der Waals surface area contributed by atoms with Gasteiger partial charge in [-0.1, -0.05) is 24.3 Å². The van der Waals surface area contributed by atoms with E-state index in [9.17, 15) is 19.3 Å². The molecule has 10 heteroatoms. The van der Waals surface area contributed by atoms with E-state index in [2.05, 4.69) is 0 Å². The highest BCUT2D eigenvalue weighted by Gasteiger charge is 2.33. The number of carboxylic acids is 1. The summed E-state index contributed by atoms with van der Waals surface area (Å²) in [6.07, 6.45) is -0.223. The van der Waals surface area contributed by atoms with Crippen LogP contribution in [0.2, 0.25) is 0 Å². The van der Waals surface area contributed by atoms with Gasteiger partial charge in [0.25, 0.3) is 0 Å². The van der Waals surface area contributed by atoms with E-state index in [1.807, 2.05) is 0 Å². The predicted octanol–water partition coefficient (Wildman–Crippen LogP) is 5.85. The molecule has 0 radical (unpaired) electrons. The second-order valence-electron chi connectivity index (χ2n) is 11.2. The Morgan fingerprint density at radius 2 is 1.26 bits per heavy atom. The van der Waals surface area contributed by atoms with Gasteiger partial charge in [-0.25, -0.2) is 9.78 Å². The smallest absolute Gasteiger partial charge is 0.388 e. The second kappa shape index (κ2) is 11.8. The molecule has 1 aromatic rings. The van der Waals surface area contributed by atoms with Crippen molar-refractivity contribution in [2.24, 2.45) is 5.92 Å². The molecular formula is C24H39O9P. The van der Waals surface area contributed by atoms with Gasteiger partial charge in [0.2, 0.25) is 0 Å². The summed E-state index contributed by atoms with van der Waals surface area (Å²) >= 11 is 0. The monoisotopic (exact) mass is 502 g/mol. The molecule has 1 atom stereocenters. The van der Waals surface area contributed by atoms with Gasteiger partial charge in [0.15, 0.2) is 0 Å². The number of carbonyl (C=O) groups excluding carboxylic acids is 1. The highest BCUT2D eigenvalue weighted by molar-refractivity contribution is 7.52. The Bertz CT molecular complexity index is 836. The van der Waals surface area contributed by atoms with Crippen LogP contribution in [0.25, 0.3) is 0 Å². The van der Waals surface area contributed by atoms with Gasteiger partial charge < -0.3 is 9.84 Å². The van der Waals surface area contributed by atoms with Gasteiger partial charge in [-0.2, -0.15) is 0 Å². The van der Waals surface area contributed by atoms with Gasteiger partial charge in [-0.15, -0.1) is 9.35 Å². The number of rotatable bonds is 11. The van der Waals surface area contributed by atoms with Crippen LogP contribution in [-0.2, 0) is 50.6 Å². The van der Waals surface area contributed by atoms with Crippen molar-refractivity contribution in [3.05, 3.63) is 35.4 Å². The molecule has 1 N–H and O–H groups in total. The largest absolute Gasteiger partial charge is 0.481 e. The molecule has 0 aromatic heterocycles. The first-order valence-corrected chi connectivity index (χ1v) is 12.9. The zero-order valence-electron chi connectivity index (χ0n) is 21.7. The van der Waals surface area contributed by atoms with Gasteiger partial charge >= 0.3 is 19.5 Å². The van der Waals surface area contributed by atoms with Crippen LogP contribution < -0.4 is 0 Å². The van der Waals surface area contributed by atoms with E-state index >= 15 is 0 Å². The molecular weight excluding hydrogens is 463 g/mol. The fraction of sp³-hybridized carbons (Fsp3) is 0.667. The lowest BCUT2D eigenvalue weighted by Gasteiger charge is -2.25. The lowest BCUT2D eigenvalue weighted by atomic mass is 9.95. The maximum Gasteiger partial charge on any atom is 0.388 e. The van der Waals surface area contributed by atoms with Crippen LogP contribution >= 0.6 is 7.60 Å². The van der Waals surface area contributed by atoms with Crippen LogP contribution in [0.5, 0.6) is 0 Å². The Morgan fingerprint density at radius 3 is 1.65 bits per heavy atom. The Hall–Kier alpha value is -1.77. The summed E-state index contributed by atoms with van der Waals surface area (Å²) < 4.78 is 28.8. The normalized spacial score (nSPS) is 14.0. The van der Waals surface area contributed by atoms with Gasteiger partial charge in [0.05, 0.1) is 29.7 Å². The number of ether oxygens (including phenoxy) is 1. The van der Waals surface area contributed by atoms with E-state index in [1.54, 1.807) is 86.6 Å². The number of esters is 1. The van der Waals surface area contributed by atoms with E-state index in [1.165, 1.54) is 0 Å². The first-order valence-electron chi connectivity index (χ1n) is 11.1. The molecule has 0 saturated carbocycles. The first-order chi connectivity index (χ1) is 15.3. The number of hydrogen-bond donors (Lipinski definition) is 1. The topological polar surface area (TPSA) is 118 Å². The molecule has 0 spiro atoms. The van der Waals surface area contributed by atoms with Crippen molar-refractivity contribution in [3.63, 3.8) is 0 Å². The summed E-state index contributed by atoms with van der Waals surface area (Å²) in [6, 6.07) is 6.80. The number of benzene rings is 1. The molecule has 0 fully saturated rings. The summed E-state index contributed by atoms with van der Waals surface area (Å²) in [5, 5.41) is 9.53. The molecule has 34 heavy (non-hydrogen) atoms. The van der Waals surface area contributed by atoms with Crippen molar-refractivity contribution in [3.8, 4) is 0 Å². The fourth-order valence-corrected chi connectivity index (χ4v) is 3.98. The minimum Gasteiger partial charge on any atom is -0.481 e. The third-order valence-corrected chi connectivity index (χ3v) is 5.22. The molecule has 0 unspecified atom stereocenters. The Labute approximate surface area is 202 Å². The third kappa shape index (κ3) is 13.2. The fourth-order valence-electron chi connectivity index (χ4n) is 2.52. The number of hydrogen-bond acceptors (Lipinski definition) is 8. The van der Waals surface area contributed by atoms with E-state index in [0.717, 1.165) is 0 Å². The van der Waals surface area contributed by atoms with Crippen LogP contribution in [0.1, 0.15) is 79.9 Å². The summed E-state index contributed by atoms with van der Waals surface area (Å²) in [6.45, 7) is 15.6. The maximum absolute atomic E-state index is 13.2. The highest BCUT2D eigenvalue weighted by atomic mass is 31.2. The summed E-state index contributed by atoms with van der Waals surface area (Å²) in [4.78, 5) is 34.2. The third-order valence-electron chi connectivity index (χ3n) is 3.87. The molecule has 0 heterocycles. The second-order valence-corrected chi connectivity index (χ2v) is 13.0. The zero-order chi connectivity index (χ0) is 26.4. The van der Waals surface area contributed by atoms with Gasteiger partial charge in [-0.3, -0.25) is 14.2 Å². The van der Waals surface area contributed by atoms with E-state index in [-0.39, 0.29) is 19.0 Å². The number of carbonyl (C=O) groups is 2. The summed E-state index contributed by atoms with van der Waals surface area (Å²) in [7, 11) is -3.83. The summed E-state index contributed by atoms with van der Waals surface area (Å²) in [5.41, 5.74) is -0.808. The minimum atomic E-state index is -3.83. The van der Waals surface area contributed by atoms with Crippen LogP contribution in [0, 0.1) is 5.92 Å². The highest BCUT2D eigenvalue weighted by Crippen LogP contribution is 2.53. The molecule has 194 valence electrons. The van der Waals surface area contributed by atoms with Crippen LogP contribution in [-0.4, -0.2) is 33.8 Å². The van der Waals surface area contributed by atoms with Crippen molar-refractivity contribution < 1.29 is 43.1 Å². The first kappa shape index (κ1) is 30.3. The lowest BCUT2D eigenvalue weighted by Crippen LogP contribution is -2.28. The number of carboxylic acid groups (broad SMARTS) is 1. The Kier molecular flexibility index (Phi) is 10.5. The van der Waals surface area contributed by atoms with Crippen LogP contribution in [0.3, 0.4) is 0 Å². The molecule has 0 aliphatic rings. The van der Waals surface area contributed by atoms with Crippen molar-refractivity contribution in [1.29, 1.82) is 0 Å². The van der Waals surface area contributed by atoms with Crippen LogP contribution in [0.4, 0.5) is 0 Å². The Balaban J connectivity index is 2.91. The molecule has 0 saturated heterocycles. The average molecular weight is 503 g/mol. The SMILES string of the molecule is CC(C)(C)OOP(=O)(Cc1ccc(C[C@H](CC(=O)OC(C)(C)C)C(=O)O)cc1)OOC(C)(C)C. The van der Waals surface area contributed by atoms with Crippen molar-refractivity contribution in [1.82, 2.24) is 0 Å². The van der Waals surface area contributed by atoms with Gasteiger partial charge in [0.1, 0.15) is 5.60 Å². The van der Waals surface area contributed by atoms with E-state index in [0.29, 0.717) is 11.1 Å². The zero-order valence-corrected chi connectivity index (χ0v) is 22.6. The van der Waals surface area contributed by atoms with Crippen LogP contribution in [0.15, 0.2) is 24.3 Å². The van der Waals surface area contributed by atoms with Crippen molar-refractivity contribution in [2.45, 2.75) is 98.1 Å². The standard InChI is InChI=1S/C24H39O9P/c1-22(2,3)29-20(25)15-19(21(26)27)14-17-10-12-18(13-11-17)16-34(28,32-30-23(4,5)6)33-31-24(7,8)9/h10-13,19H,14-16H2,1-9H3,(H,26,27)/t19-/m1/s1. The van der Waals surface area contributed by atoms with Crippen molar-refractivity contribution >= 4 is 19.5 Å². The maximum atomic E-state index is 13.2. The van der Waals surface area contributed by atoms with Gasteiger partial charge in [0, 0.05) is 0 Å². The van der Waals surface area contributed by atoms with Gasteiger partial charge in [-0.05, 0) is 79.9 Å². The molecule has 0 amide bonds. The predicted molar refractivity (Wildman–Crippen MR) is 127 cm³/mol. The minimum absolute atomic E-state index is 0.125. The molecule has 0 aliphatic carbocycles. The lowest BCUT2D eigenvalue weighted by molar-refractivity contribution is -0.326. The quantitative estimate of drug-likeness (QED) is 0.172. The molecule has 0 aliphatic heterocycles. The molecule has 0 bridgehead atoms. The average Bonchev–Trinajstić information content (AvgIpc) is 2.63. The van der Waals surface area contributed by atoms with E-state index < -0.39 is 42.3 Å². The Morgan fingerprint density at radius 1 is 0.824 bits per heavy atom.